The Hall–Kier alpha value is -2.05. The lowest BCUT2D eigenvalue weighted by atomic mass is 9.87. The number of alkyl halides is 2. The second-order valence-electron chi connectivity index (χ2n) is 7.88. The minimum atomic E-state index is -2.56. The van der Waals surface area contributed by atoms with Crippen molar-refractivity contribution in [3.8, 4) is 0 Å². The number of benzene rings is 1. The number of rotatable bonds is 4. The molecule has 1 saturated carbocycles. The third-order valence-electron chi connectivity index (χ3n) is 5.83. The quantitative estimate of drug-likeness (QED) is 0.747. The number of aromatic nitrogens is 1. The molecule has 1 aliphatic heterocycles. The lowest BCUT2D eigenvalue weighted by Gasteiger charge is -2.28. The Morgan fingerprint density at radius 3 is 2.76 bits per heavy atom. The number of amides is 1. The van der Waals surface area contributed by atoms with E-state index in [-0.39, 0.29) is 24.7 Å². The first kappa shape index (κ1) is 20.2. The van der Waals surface area contributed by atoms with Crippen molar-refractivity contribution in [2.75, 3.05) is 19.6 Å². The molecule has 7 heteroatoms. The highest BCUT2D eigenvalue weighted by Crippen LogP contribution is 2.36. The van der Waals surface area contributed by atoms with Gasteiger partial charge < -0.3 is 10.6 Å². The standard InChI is InChI=1S/C22H24ClF2N3O/c23-17-2-4-19-16(1-3-18(28-19)15-7-11-26-12-8-15)20(17)21(29)27-13-14-5-9-22(24,25)10-6-14/h1-4,7,14,26H,5-6,8-13H2,(H,27,29). The van der Waals surface area contributed by atoms with Gasteiger partial charge in [0, 0.05) is 31.3 Å². The summed E-state index contributed by atoms with van der Waals surface area (Å²) >= 11 is 6.34. The van der Waals surface area contributed by atoms with E-state index in [0.717, 1.165) is 25.2 Å². The Morgan fingerprint density at radius 1 is 1.24 bits per heavy atom. The van der Waals surface area contributed by atoms with Crippen LogP contribution in [0.3, 0.4) is 0 Å². The molecule has 154 valence electrons. The molecular weight excluding hydrogens is 396 g/mol. The summed E-state index contributed by atoms with van der Waals surface area (Å²) in [4.78, 5) is 17.6. The van der Waals surface area contributed by atoms with Crippen LogP contribution in [-0.2, 0) is 0 Å². The predicted molar refractivity (Wildman–Crippen MR) is 111 cm³/mol. The van der Waals surface area contributed by atoms with Crippen LogP contribution >= 0.6 is 11.6 Å². The largest absolute Gasteiger partial charge is 0.352 e. The molecule has 2 aliphatic rings. The fraction of sp³-hybridized carbons (Fsp3) is 0.455. The molecule has 2 aromatic rings. The summed E-state index contributed by atoms with van der Waals surface area (Å²) in [6, 6.07) is 7.33. The molecule has 0 spiro atoms. The van der Waals surface area contributed by atoms with Crippen molar-refractivity contribution in [3.63, 3.8) is 0 Å². The molecule has 4 nitrogen and oxygen atoms in total. The molecule has 0 atom stereocenters. The molecule has 1 amide bonds. The molecule has 0 bridgehead atoms. The van der Waals surface area contributed by atoms with Crippen molar-refractivity contribution >= 4 is 34.0 Å². The summed E-state index contributed by atoms with van der Waals surface area (Å²) < 4.78 is 26.6. The third kappa shape index (κ3) is 4.59. The summed E-state index contributed by atoms with van der Waals surface area (Å²) in [5.41, 5.74) is 3.22. The van der Waals surface area contributed by atoms with Crippen LogP contribution < -0.4 is 10.6 Å². The number of carbonyl (C=O) groups is 1. The van der Waals surface area contributed by atoms with Gasteiger partial charge in [0.05, 0.1) is 21.8 Å². The van der Waals surface area contributed by atoms with Crippen LogP contribution in [0.5, 0.6) is 0 Å². The molecule has 0 unspecified atom stereocenters. The maximum absolute atomic E-state index is 13.3. The summed E-state index contributed by atoms with van der Waals surface area (Å²) in [6.07, 6.45) is 3.67. The van der Waals surface area contributed by atoms with Crippen LogP contribution in [0.1, 0.15) is 48.2 Å². The second kappa shape index (κ2) is 8.36. The number of nitrogens with zero attached hydrogens (tertiary/aromatic N) is 1. The zero-order chi connectivity index (χ0) is 20.4. The van der Waals surface area contributed by atoms with Gasteiger partial charge in [-0.3, -0.25) is 4.79 Å². The van der Waals surface area contributed by atoms with E-state index in [9.17, 15) is 13.6 Å². The van der Waals surface area contributed by atoms with E-state index in [2.05, 4.69) is 16.7 Å². The summed E-state index contributed by atoms with van der Waals surface area (Å²) in [5.74, 6) is -2.77. The highest BCUT2D eigenvalue weighted by atomic mass is 35.5. The van der Waals surface area contributed by atoms with E-state index < -0.39 is 5.92 Å². The molecule has 1 aliphatic carbocycles. The molecule has 4 rings (SSSR count). The van der Waals surface area contributed by atoms with Crippen molar-refractivity contribution in [1.29, 1.82) is 0 Å². The van der Waals surface area contributed by atoms with Gasteiger partial charge in [0.15, 0.2) is 0 Å². The number of hydrogen-bond donors (Lipinski definition) is 2. The lowest BCUT2D eigenvalue weighted by molar-refractivity contribution is -0.0452. The van der Waals surface area contributed by atoms with Gasteiger partial charge in [-0.05, 0) is 61.6 Å². The van der Waals surface area contributed by atoms with Gasteiger partial charge in [-0.15, -0.1) is 0 Å². The molecule has 1 fully saturated rings. The number of carbonyl (C=O) groups excluding carboxylic acids is 1. The van der Waals surface area contributed by atoms with Crippen LogP contribution in [0.2, 0.25) is 5.02 Å². The normalized spacial score (nSPS) is 19.8. The monoisotopic (exact) mass is 419 g/mol. The van der Waals surface area contributed by atoms with Gasteiger partial charge in [0.1, 0.15) is 0 Å². The second-order valence-corrected chi connectivity index (χ2v) is 8.29. The molecular formula is C22H24ClF2N3O. The van der Waals surface area contributed by atoms with E-state index in [0.29, 0.717) is 40.9 Å². The Bertz CT molecular complexity index is 950. The first-order chi connectivity index (χ1) is 13.9. The van der Waals surface area contributed by atoms with Gasteiger partial charge in [0.25, 0.3) is 5.91 Å². The average Bonchev–Trinajstić information content (AvgIpc) is 2.73. The van der Waals surface area contributed by atoms with Crippen molar-refractivity contribution in [2.45, 2.75) is 38.0 Å². The van der Waals surface area contributed by atoms with E-state index in [1.807, 2.05) is 18.2 Å². The van der Waals surface area contributed by atoms with Crippen LogP contribution in [0.4, 0.5) is 8.78 Å². The first-order valence-electron chi connectivity index (χ1n) is 10.1. The maximum atomic E-state index is 13.3. The lowest BCUT2D eigenvalue weighted by Crippen LogP contribution is -2.34. The van der Waals surface area contributed by atoms with Crippen molar-refractivity contribution in [1.82, 2.24) is 15.6 Å². The molecule has 1 aromatic carbocycles. The molecule has 29 heavy (non-hydrogen) atoms. The highest BCUT2D eigenvalue weighted by Gasteiger charge is 2.34. The zero-order valence-corrected chi connectivity index (χ0v) is 16.9. The fourth-order valence-electron chi connectivity index (χ4n) is 4.07. The zero-order valence-electron chi connectivity index (χ0n) is 16.1. The first-order valence-corrected chi connectivity index (χ1v) is 10.5. The number of hydrogen-bond acceptors (Lipinski definition) is 3. The van der Waals surface area contributed by atoms with Crippen molar-refractivity contribution in [3.05, 3.63) is 46.6 Å². The minimum Gasteiger partial charge on any atom is -0.352 e. The SMILES string of the molecule is O=C(NCC1CCC(F)(F)CC1)c1c(Cl)ccc2nc(C3=CCNCC3)ccc12. The van der Waals surface area contributed by atoms with Crippen LogP contribution in [0.15, 0.2) is 30.3 Å². The maximum Gasteiger partial charge on any atom is 0.253 e. The fourth-order valence-corrected chi connectivity index (χ4v) is 4.32. The number of halogens is 3. The number of nitrogens with one attached hydrogen (secondary N) is 2. The number of fused-ring (bicyclic) bond motifs is 1. The van der Waals surface area contributed by atoms with Crippen molar-refractivity contribution < 1.29 is 13.6 Å². The molecule has 2 N–H and O–H groups in total. The third-order valence-corrected chi connectivity index (χ3v) is 6.14. The summed E-state index contributed by atoms with van der Waals surface area (Å²) in [6.45, 7) is 2.14. The van der Waals surface area contributed by atoms with Gasteiger partial charge in [-0.1, -0.05) is 17.7 Å². The smallest absolute Gasteiger partial charge is 0.253 e. The van der Waals surface area contributed by atoms with Crippen molar-refractivity contribution in [2.24, 2.45) is 5.92 Å². The van der Waals surface area contributed by atoms with E-state index >= 15 is 0 Å². The van der Waals surface area contributed by atoms with E-state index in [1.165, 1.54) is 5.57 Å². The van der Waals surface area contributed by atoms with Gasteiger partial charge in [-0.25, -0.2) is 13.8 Å². The Morgan fingerprint density at radius 2 is 2.03 bits per heavy atom. The predicted octanol–water partition coefficient (Wildman–Crippen LogP) is 4.82. The molecule has 0 radical (unpaired) electrons. The Kier molecular flexibility index (Phi) is 5.83. The molecule has 1 aromatic heterocycles. The molecule has 2 heterocycles. The van der Waals surface area contributed by atoms with Crippen LogP contribution in [0.25, 0.3) is 16.5 Å². The average molecular weight is 420 g/mol. The highest BCUT2D eigenvalue weighted by molar-refractivity contribution is 6.35. The topological polar surface area (TPSA) is 54.0 Å². The summed E-state index contributed by atoms with van der Waals surface area (Å²) in [7, 11) is 0. The van der Waals surface area contributed by atoms with E-state index in [1.54, 1.807) is 6.07 Å². The minimum absolute atomic E-state index is 0.0731. The molecule has 0 saturated heterocycles. The van der Waals surface area contributed by atoms with Gasteiger partial charge >= 0.3 is 0 Å². The number of pyridine rings is 1. The summed E-state index contributed by atoms with van der Waals surface area (Å²) in [5, 5.41) is 7.23. The Labute approximate surface area is 173 Å². The van der Waals surface area contributed by atoms with Crippen LogP contribution in [-0.4, -0.2) is 36.4 Å². The van der Waals surface area contributed by atoms with Gasteiger partial charge in [0.2, 0.25) is 5.92 Å². The van der Waals surface area contributed by atoms with Crippen LogP contribution in [0, 0.1) is 5.92 Å². The Balaban J connectivity index is 1.52. The van der Waals surface area contributed by atoms with E-state index in [4.69, 9.17) is 16.6 Å². The van der Waals surface area contributed by atoms with Gasteiger partial charge in [-0.2, -0.15) is 0 Å².